The summed E-state index contributed by atoms with van der Waals surface area (Å²) >= 11 is 0. The van der Waals surface area contributed by atoms with Gasteiger partial charge in [0, 0.05) is 12.6 Å². The molecule has 3 heteroatoms. The van der Waals surface area contributed by atoms with Crippen LogP contribution in [-0.4, -0.2) is 13.1 Å². The van der Waals surface area contributed by atoms with Crippen LogP contribution in [0.1, 0.15) is 31.4 Å². The number of terminal acetylenes is 1. The maximum atomic E-state index is 14.1. The molecule has 1 aliphatic carbocycles. The molecule has 0 bridgehead atoms. The normalized spacial score (nSPS) is 16.1. The van der Waals surface area contributed by atoms with E-state index in [1.165, 1.54) is 18.9 Å². The largest absolute Gasteiger partial charge is 0.358 e. The molecule has 0 saturated heterocycles. The first-order valence-corrected chi connectivity index (χ1v) is 6.35. The molecular weight excluding hydrogens is 227 g/mol. The second-order valence-electron chi connectivity index (χ2n) is 5.03. The highest BCUT2D eigenvalue weighted by Crippen LogP contribution is 2.32. The van der Waals surface area contributed by atoms with Gasteiger partial charge in [-0.1, -0.05) is 12.0 Å². The van der Waals surface area contributed by atoms with Crippen LogP contribution in [0.5, 0.6) is 0 Å². The van der Waals surface area contributed by atoms with Gasteiger partial charge in [0.15, 0.2) is 0 Å². The van der Waals surface area contributed by atoms with Crippen molar-refractivity contribution < 1.29 is 4.39 Å². The van der Waals surface area contributed by atoms with Gasteiger partial charge in [-0.3, -0.25) is 0 Å². The third-order valence-electron chi connectivity index (χ3n) is 3.30. The standard InChI is InChI=1S/C15H19FN2/c1-3-8-18(10-12-4-5-12)15-7-6-13(11(2)17)9-14(15)16/h1,6-7,9,11-12H,4-5,8,10,17H2,2H3/t11-/m0/s1. The zero-order valence-corrected chi connectivity index (χ0v) is 10.7. The number of halogens is 1. The van der Waals surface area contributed by atoms with Gasteiger partial charge in [0.2, 0.25) is 0 Å². The molecule has 18 heavy (non-hydrogen) atoms. The molecule has 0 aromatic heterocycles. The highest BCUT2D eigenvalue weighted by atomic mass is 19.1. The van der Waals surface area contributed by atoms with Gasteiger partial charge in [-0.05, 0) is 43.4 Å². The van der Waals surface area contributed by atoms with Gasteiger partial charge >= 0.3 is 0 Å². The lowest BCUT2D eigenvalue weighted by atomic mass is 10.1. The minimum Gasteiger partial charge on any atom is -0.358 e. The van der Waals surface area contributed by atoms with Gasteiger partial charge in [0.1, 0.15) is 5.82 Å². The van der Waals surface area contributed by atoms with E-state index in [4.69, 9.17) is 12.2 Å². The molecule has 0 amide bonds. The molecule has 1 saturated carbocycles. The van der Waals surface area contributed by atoms with Crippen molar-refractivity contribution >= 4 is 5.69 Å². The lowest BCUT2D eigenvalue weighted by Gasteiger charge is -2.23. The third-order valence-corrected chi connectivity index (χ3v) is 3.30. The van der Waals surface area contributed by atoms with Crippen LogP contribution in [-0.2, 0) is 0 Å². The predicted octanol–water partition coefficient (Wildman–Crippen LogP) is 2.70. The summed E-state index contributed by atoms with van der Waals surface area (Å²) in [5.41, 5.74) is 7.14. The molecule has 96 valence electrons. The molecule has 0 aliphatic heterocycles. The molecule has 2 nitrogen and oxygen atoms in total. The molecule has 1 fully saturated rings. The Morgan fingerprint density at radius 1 is 1.56 bits per heavy atom. The first-order chi connectivity index (χ1) is 8.61. The number of anilines is 1. The molecule has 1 aromatic rings. The predicted molar refractivity (Wildman–Crippen MR) is 72.8 cm³/mol. The molecule has 0 radical (unpaired) electrons. The summed E-state index contributed by atoms with van der Waals surface area (Å²) in [7, 11) is 0. The van der Waals surface area contributed by atoms with Gasteiger partial charge in [0.25, 0.3) is 0 Å². The Balaban J connectivity index is 2.20. The summed E-state index contributed by atoms with van der Waals surface area (Å²) in [5, 5.41) is 0. The number of nitrogens with two attached hydrogens (primary N) is 1. The Morgan fingerprint density at radius 2 is 2.28 bits per heavy atom. The minimum atomic E-state index is -0.235. The smallest absolute Gasteiger partial charge is 0.146 e. The van der Waals surface area contributed by atoms with E-state index in [0.717, 1.165) is 12.1 Å². The van der Waals surface area contributed by atoms with Crippen LogP contribution in [0, 0.1) is 24.1 Å². The van der Waals surface area contributed by atoms with E-state index >= 15 is 0 Å². The molecule has 1 atom stereocenters. The van der Waals surface area contributed by atoms with Crippen molar-refractivity contribution in [3.05, 3.63) is 29.6 Å². The fourth-order valence-electron chi connectivity index (χ4n) is 2.03. The SMILES string of the molecule is C#CCN(CC1CC1)c1ccc([C@H](C)N)cc1F. The van der Waals surface area contributed by atoms with E-state index in [-0.39, 0.29) is 11.9 Å². The molecular formula is C15H19FN2. The topological polar surface area (TPSA) is 29.3 Å². The van der Waals surface area contributed by atoms with Crippen LogP contribution in [0.25, 0.3) is 0 Å². The fourth-order valence-corrected chi connectivity index (χ4v) is 2.03. The van der Waals surface area contributed by atoms with E-state index < -0.39 is 0 Å². The van der Waals surface area contributed by atoms with Crippen LogP contribution in [0.2, 0.25) is 0 Å². The molecule has 2 rings (SSSR count). The Morgan fingerprint density at radius 3 is 2.78 bits per heavy atom. The van der Waals surface area contributed by atoms with Crippen molar-refractivity contribution in [1.82, 2.24) is 0 Å². The summed E-state index contributed by atoms with van der Waals surface area (Å²) in [4.78, 5) is 1.94. The number of rotatable bonds is 5. The van der Waals surface area contributed by atoms with Crippen molar-refractivity contribution in [2.75, 3.05) is 18.0 Å². The summed E-state index contributed by atoms with van der Waals surface area (Å²) in [6, 6.07) is 5.02. The van der Waals surface area contributed by atoms with Gasteiger partial charge < -0.3 is 10.6 Å². The van der Waals surface area contributed by atoms with E-state index in [0.29, 0.717) is 18.2 Å². The quantitative estimate of drug-likeness (QED) is 0.809. The Hall–Kier alpha value is -1.53. The summed E-state index contributed by atoms with van der Waals surface area (Å²) in [6.45, 7) is 3.14. The number of benzene rings is 1. The van der Waals surface area contributed by atoms with E-state index in [9.17, 15) is 4.39 Å². The average molecular weight is 246 g/mol. The summed E-state index contributed by atoms with van der Waals surface area (Å²) in [6.07, 6.45) is 7.80. The van der Waals surface area contributed by atoms with Crippen molar-refractivity contribution in [3.8, 4) is 12.3 Å². The van der Waals surface area contributed by atoms with Crippen molar-refractivity contribution in [3.63, 3.8) is 0 Å². The van der Waals surface area contributed by atoms with E-state index in [2.05, 4.69) is 5.92 Å². The first kappa shape index (κ1) is 12.9. The van der Waals surface area contributed by atoms with Crippen LogP contribution >= 0.6 is 0 Å². The highest BCUT2D eigenvalue weighted by molar-refractivity contribution is 5.50. The number of hydrogen-bond acceptors (Lipinski definition) is 2. The Labute approximate surface area is 108 Å². The lowest BCUT2D eigenvalue weighted by Crippen LogP contribution is -2.27. The Bertz CT molecular complexity index is 458. The Kier molecular flexibility index (Phi) is 3.88. The fraction of sp³-hybridized carbons (Fsp3) is 0.467. The zero-order chi connectivity index (χ0) is 13.1. The maximum absolute atomic E-state index is 14.1. The molecule has 2 N–H and O–H groups in total. The molecule has 1 aliphatic rings. The first-order valence-electron chi connectivity index (χ1n) is 6.35. The lowest BCUT2D eigenvalue weighted by molar-refractivity contribution is 0.611. The van der Waals surface area contributed by atoms with Crippen LogP contribution in [0.15, 0.2) is 18.2 Å². The minimum absolute atomic E-state index is 0.155. The summed E-state index contributed by atoms with van der Waals surface area (Å²) < 4.78 is 14.1. The van der Waals surface area contributed by atoms with Crippen molar-refractivity contribution in [1.29, 1.82) is 0 Å². The van der Waals surface area contributed by atoms with E-state index in [1.807, 2.05) is 17.9 Å². The van der Waals surface area contributed by atoms with E-state index in [1.54, 1.807) is 6.07 Å². The molecule has 0 spiro atoms. The third kappa shape index (κ3) is 3.02. The van der Waals surface area contributed by atoms with Crippen LogP contribution < -0.4 is 10.6 Å². The van der Waals surface area contributed by atoms with Gasteiger partial charge in [-0.25, -0.2) is 4.39 Å². The second-order valence-corrected chi connectivity index (χ2v) is 5.03. The molecule has 1 aromatic carbocycles. The van der Waals surface area contributed by atoms with Gasteiger partial charge in [0.05, 0.1) is 12.2 Å². The van der Waals surface area contributed by atoms with Crippen molar-refractivity contribution in [2.45, 2.75) is 25.8 Å². The van der Waals surface area contributed by atoms with Gasteiger partial charge in [-0.15, -0.1) is 6.42 Å². The van der Waals surface area contributed by atoms with Crippen LogP contribution in [0.3, 0.4) is 0 Å². The molecule has 0 heterocycles. The maximum Gasteiger partial charge on any atom is 0.146 e. The second kappa shape index (κ2) is 5.41. The number of nitrogens with zero attached hydrogens (tertiary/aromatic N) is 1. The number of hydrogen-bond donors (Lipinski definition) is 1. The zero-order valence-electron chi connectivity index (χ0n) is 10.7. The van der Waals surface area contributed by atoms with Crippen molar-refractivity contribution in [2.24, 2.45) is 11.7 Å². The van der Waals surface area contributed by atoms with Gasteiger partial charge in [-0.2, -0.15) is 0 Å². The van der Waals surface area contributed by atoms with Crippen LogP contribution in [0.4, 0.5) is 10.1 Å². The average Bonchev–Trinajstić information content (AvgIpc) is 3.12. The highest BCUT2D eigenvalue weighted by Gasteiger charge is 2.25. The monoisotopic (exact) mass is 246 g/mol. The summed E-state index contributed by atoms with van der Waals surface area (Å²) in [5.74, 6) is 3.04. The molecule has 0 unspecified atom stereocenters.